The minimum absolute atomic E-state index is 0. The number of pyridine rings is 1. The van der Waals surface area contributed by atoms with Gasteiger partial charge in [0, 0.05) is 11.5 Å². The molecule has 0 saturated heterocycles. The lowest BCUT2D eigenvalue weighted by Gasteiger charge is -2.08. The number of nitrogens with one attached hydrogen (secondary N) is 1. The first kappa shape index (κ1) is 16.8. The molecule has 0 saturated carbocycles. The average molecular weight is 330 g/mol. The minimum Gasteiger partial charge on any atom is -0.495 e. The number of ether oxygens (including phenoxy) is 1. The van der Waals surface area contributed by atoms with Crippen LogP contribution in [-0.2, 0) is 11.3 Å². The van der Waals surface area contributed by atoms with Gasteiger partial charge in [-0.25, -0.2) is 0 Å². The van der Waals surface area contributed by atoms with Crippen LogP contribution in [-0.4, -0.2) is 13.0 Å². The van der Waals surface area contributed by atoms with Crippen molar-refractivity contribution in [3.63, 3.8) is 0 Å². The standard InChI is InChI=1S/C18H16N2O2.ClH/c1-22-17-9-5-4-8-16(17)19-18(21)13-20-11-10-14-6-2-3-7-15(14)12-20;/h2-12H,13H2,1H3;1H/p+1. The van der Waals surface area contributed by atoms with Crippen LogP contribution in [0, 0.1) is 0 Å². The fourth-order valence-electron chi connectivity index (χ4n) is 2.38. The van der Waals surface area contributed by atoms with E-state index in [1.807, 2.05) is 65.5 Å². The molecule has 2 aromatic carbocycles. The summed E-state index contributed by atoms with van der Waals surface area (Å²) in [5.74, 6) is 0.559. The van der Waals surface area contributed by atoms with E-state index < -0.39 is 0 Å². The molecule has 1 amide bonds. The Balaban J connectivity index is 0.00000192. The van der Waals surface area contributed by atoms with Gasteiger partial charge in [0.05, 0.1) is 12.8 Å². The molecule has 0 fully saturated rings. The number of benzene rings is 2. The van der Waals surface area contributed by atoms with Gasteiger partial charge in [-0.2, -0.15) is 4.57 Å². The number of nitrogens with zero attached hydrogens (tertiary/aromatic N) is 1. The highest BCUT2D eigenvalue weighted by Gasteiger charge is 2.12. The molecule has 0 aliphatic heterocycles. The molecule has 0 aliphatic carbocycles. The van der Waals surface area contributed by atoms with E-state index in [9.17, 15) is 4.79 Å². The highest BCUT2D eigenvalue weighted by molar-refractivity contribution is 5.91. The van der Waals surface area contributed by atoms with Crippen molar-refractivity contribution in [2.45, 2.75) is 6.54 Å². The maximum absolute atomic E-state index is 12.2. The van der Waals surface area contributed by atoms with E-state index in [0.717, 1.165) is 10.8 Å². The summed E-state index contributed by atoms with van der Waals surface area (Å²) in [6, 6.07) is 17.4. The van der Waals surface area contributed by atoms with Crippen LogP contribution in [0.25, 0.3) is 10.8 Å². The van der Waals surface area contributed by atoms with Gasteiger partial charge in [0.15, 0.2) is 12.4 Å². The lowest BCUT2D eigenvalue weighted by Crippen LogP contribution is -2.39. The van der Waals surface area contributed by atoms with Gasteiger partial charge in [-0.15, -0.1) is 12.4 Å². The molecular weight excluding hydrogens is 312 g/mol. The summed E-state index contributed by atoms with van der Waals surface area (Å²) in [5, 5.41) is 5.14. The summed E-state index contributed by atoms with van der Waals surface area (Å²) >= 11 is 0. The molecule has 0 aliphatic rings. The Morgan fingerprint density at radius 3 is 2.52 bits per heavy atom. The summed E-state index contributed by atoms with van der Waals surface area (Å²) in [7, 11) is 1.59. The van der Waals surface area contributed by atoms with Gasteiger partial charge in [0.2, 0.25) is 6.54 Å². The lowest BCUT2D eigenvalue weighted by molar-refractivity contribution is -0.682. The number of carbonyl (C=O) groups excluding carboxylic acids is 1. The molecule has 118 valence electrons. The summed E-state index contributed by atoms with van der Waals surface area (Å²) in [6.45, 7) is 0.253. The van der Waals surface area contributed by atoms with E-state index in [1.165, 1.54) is 0 Å². The van der Waals surface area contributed by atoms with Crippen molar-refractivity contribution in [3.05, 3.63) is 67.0 Å². The van der Waals surface area contributed by atoms with Gasteiger partial charge in [-0.1, -0.05) is 30.3 Å². The topological polar surface area (TPSA) is 42.2 Å². The maximum Gasteiger partial charge on any atom is 0.290 e. The number of methoxy groups -OCH3 is 1. The van der Waals surface area contributed by atoms with Crippen molar-refractivity contribution >= 4 is 34.8 Å². The molecule has 5 heteroatoms. The van der Waals surface area contributed by atoms with Crippen LogP contribution in [0.4, 0.5) is 5.69 Å². The van der Waals surface area contributed by atoms with Gasteiger partial charge in [0.25, 0.3) is 5.91 Å². The quantitative estimate of drug-likeness (QED) is 0.747. The summed E-state index contributed by atoms with van der Waals surface area (Å²) in [6.07, 6.45) is 3.88. The van der Waals surface area contributed by atoms with E-state index in [4.69, 9.17) is 4.74 Å². The molecule has 1 aromatic heterocycles. The van der Waals surface area contributed by atoms with Gasteiger partial charge in [-0.05, 0) is 23.6 Å². The smallest absolute Gasteiger partial charge is 0.290 e. The Labute approximate surface area is 141 Å². The van der Waals surface area contributed by atoms with Crippen LogP contribution in [0.2, 0.25) is 0 Å². The maximum atomic E-state index is 12.2. The molecular formula is C18H18ClN2O2+. The van der Waals surface area contributed by atoms with Crippen LogP contribution >= 0.6 is 12.4 Å². The van der Waals surface area contributed by atoms with Gasteiger partial charge >= 0.3 is 0 Å². The molecule has 23 heavy (non-hydrogen) atoms. The number of anilines is 1. The predicted molar refractivity (Wildman–Crippen MR) is 93.0 cm³/mol. The number of aromatic nitrogens is 1. The number of carbonyl (C=O) groups is 1. The highest BCUT2D eigenvalue weighted by Crippen LogP contribution is 2.22. The predicted octanol–water partition coefficient (Wildman–Crippen LogP) is 3.20. The van der Waals surface area contributed by atoms with E-state index in [1.54, 1.807) is 7.11 Å². The molecule has 0 radical (unpaired) electrons. The van der Waals surface area contributed by atoms with Crippen molar-refractivity contribution in [3.8, 4) is 5.75 Å². The van der Waals surface area contributed by atoms with Crippen LogP contribution in [0.1, 0.15) is 0 Å². The zero-order valence-electron chi connectivity index (χ0n) is 12.7. The van der Waals surface area contributed by atoms with Crippen LogP contribution < -0.4 is 14.6 Å². The molecule has 0 bridgehead atoms. The number of rotatable bonds is 4. The van der Waals surface area contributed by atoms with Gasteiger partial charge < -0.3 is 10.1 Å². The van der Waals surface area contributed by atoms with Crippen molar-refractivity contribution < 1.29 is 14.1 Å². The summed E-state index contributed by atoms with van der Waals surface area (Å²) in [5.41, 5.74) is 0.677. The number of halogens is 1. The zero-order chi connectivity index (χ0) is 15.4. The molecule has 1 heterocycles. The van der Waals surface area contributed by atoms with Crippen molar-refractivity contribution in [2.75, 3.05) is 12.4 Å². The van der Waals surface area contributed by atoms with E-state index in [-0.39, 0.29) is 24.9 Å². The van der Waals surface area contributed by atoms with Gasteiger partial charge in [-0.3, -0.25) is 4.79 Å². The third-order valence-electron chi connectivity index (χ3n) is 3.45. The van der Waals surface area contributed by atoms with Crippen LogP contribution in [0.3, 0.4) is 0 Å². The third kappa shape index (κ3) is 3.99. The first-order valence-electron chi connectivity index (χ1n) is 7.07. The molecule has 3 aromatic rings. The Bertz CT molecular complexity index is 821. The molecule has 0 spiro atoms. The SMILES string of the molecule is COc1ccccc1NC(=O)C[n+]1ccc2ccccc2c1.Cl. The number of hydrogen-bond donors (Lipinski definition) is 1. The monoisotopic (exact) mass is 329 g/mol. The lowest BCUT2D eigenvalue weighted by atomic mass is 10.2. The first-order valence-corrected chi connectivity index (χ1v) is 7.07. The zero-order valence-corrected chi connectivity index (χ0v) is 13.5. The summed E-state index contributed by atoms with van der Waals surface area (Å²) in [4.78, 5) is 12.2. The average Bonchev–Trinajstić information content (AvgIpc) is 2.55. The van der Waals surface area contributed by atoms with E-state index in [2.05, 4.69) is 11.4 Å². The fourth-order valence-corrected chi connectivity index (χ4v) is 2.38. The van der Waals surface area contributed by atoms with Crippen LogP contribution in [0.15, 0.2) is 67.0 Å². The summed E-state index contributed by atoms with van der Waals surface area (Å²) < 4.78 is 7.10. The second kappa shape index (κ2) is 7.61. The molecule has 0 atom stereocenters. The molecule has 0 unspecified atom stereocenters. The van der Waals surface area contributed by atoms with Crippen LogP contribution in [0.5, 0.6) is 5.75 Å². The second-order valence-electron chi connectivity index (χ2n) is 4.99. The Morgan fingerprint density at radius 2 is 1.74 bits per heavy atom. The Hall–Kier alpha value is -2.59. The highest BCUT2D eigenvalue weighted by atomic mass is 35.5. The van der Waals surface area contributed by atoms with Crippen molar-refractivity contribution in [2.24, 2.45) is 0 Å². The third-order valence-corrected chi connectivity index (χ3v) is 3.45. The molecule has 1 N–H and O–H groups in total. The number of hydrogen-bond acceptors (Lipinski definition) is 2. The number of para-hydroxylation sites is 2. The fraction of sp³-hybridized carbons (Fsp3) is 0.111. The Morgan fingerprint density at radius 1 is 1.04 bits per heavy atom. The minimum atomic E-state index is -0.0928. The normalized spacial score (nSPS) is 9.96. The van der Waals surface area contributed by atoms with Crippen molar-refractivity contribution in [1.82, 2.24) is 0 Å². The van der Waals surface area contributed by atoms with E-state index >= 15 is 0 Å². The van der Waals surface area contributed by atoms with E-state index in [0.29, 0.717) is 11.4 Å². The number of fused-ring (bicyclic) bond motifs is 1. The Kier molecular flexibility index (Phi) is 5.55. The number of amides is 1. The molecule has 3 rings (SSSR count). The largest absolute Gasteiger partial charge is 0.495 e. The van der Waals surface area contributed by atoms with Crippen molar-refractivity contribution in [1.29, 1.82) is 0 Å². The molecule has 4 nitrogen and oxygen atoms in total. The first-order chi connectivity index (χ1) is 10.8. The van der Waals surface area contributed by atoms with Gasteiger partial charge in [0.1, 0.15) is 5.75 Å². The second-order valence-corrected chi connectivity index (χ2v) is 4.99.